The highest BCUT2D eigenvalue weighted by atomic mass is 32.1. The van der Waals surface area contributed by atoms with Crippen LogP contribution in [0.25, 0.3) is 11.1 Å². The van der Waals surface area contributed by atoms with Crippen molar-refractivity contribution in [1.82, 2.24) is 0 Å². The summed E-state index contributed by atoms with van der Waals surface area (Å²) in [4.78, 5) is 0. The quantitative estimate of drug-likeness (QED) is 0.733. The summed E-state index contributed by atoms with van der Waals surface area (Å²) >= 11 is 4.06. The number of hydrogen-bond donors (Lipinski definition) is 3. The van der Waals surface area contributed by atoms with E-state index >= 15 is 0 Å². The van der Waals surface area contributed by atoms with Crippen molar-refractivity contribution in [2.75, 3.05) is 5.75 Å². The Balaban J connectivity index is 2.15. The van der Waals surface area contributed by atoms with Crippen LogP contribution in [0.2, 0.25) is 0 Å². The van der Waals surface area contributed by atoms with Crippen LogP contribution in [0.5, 0.6) is 0 Å². The van der Waals surface area contributed by atoms with E-state index in [4.69, 9.17) is 0 Å². The maximum Gasteiger partial charge on any atom is 0.105 e. The van der Waals surface area contributed by atoms with Gasteiger partial charge in [0, 0.05) is 0 Å². The fourth-order valence-corrected chi connectivity index (χ4v) is 2.28. The van der Waals surface area contributed by atoms with Gasteiger partial charge in [-0.05, 0) is 28.9 Å². The Morgan fingerprint density at radius 1 is 0.842 bits per heavy atom. The molecule has 0 aliphatic rings. The molecular weight excluding hydrogens is 256 g/mol. The van der Waals surface area contributed by atoms with Gasteiger partial charge < -0.3 is 10.2 Å². The van der Waals surface area contributed by atoms with Crippen LogP contribution < -0.4 is 0 Å². The fraction of sp³-hybridized carbons (Fsp3) is 0.250. The maximum atomic E-state index is 10.00. The zero-order chi connectivity index (χ0) is 13.7. The van der Waals surface area contributed by atoms with E-state index in [1.807, 2.05) is 54.6 Å². The minimum atomic E-state index is -0.850. The van der Waals surface area contributed by atoms with Crippen LogP contribution in [-0.2, 0) is 0 Å². The Kier molecular flexibility index (Phi) is 5.02. The van der Waals surface area contributed by atoms with Crippen molar-refractivity contribution in [3.05, 3.63) is 60.2 Å². The lowest BCUT2D eigenvalue weighted by Crippen LogP contribution is -2.18. The third-order valence-corrected chi connectivity index (χ3v) is 3.41. The van der Waals surface area contributed by atoms with Crippen LogP contribution in [-0.4, -0.2) is 22.1 Å². The van der Waals surface area contributed by atoms with E-state index in [2.05, 4.69) is 12.6 Å². The zero-order valence-corrected chi connectivity index (χ0v) is 11.5. The lowest BCUT2D eigenvalue weighted by molar-refractivity contribution is 0.0172. The second kappa shape index (κ2) is 6.75. The van der Waals surface area contributed by atoms with Crippen molar-refractivity contribution in [2.45, 2.75) is 18.6 Å². The predicted molar refractivity (Wildman–Crippen MR) is 81.3 cm³/mol. The third-order valence-electron chi connectivity index (χ3n) is 3.15. The standard InChI is InChI=1S/C16H18O2S/c17-15(10-11-19)16(18)14-8-6-13(7-9-14)12-4-2-1-3-5-12/h1-9,15-19H,10-11H2. The van der Waals surface area contributed by atoms with Crippen LogP contribution in [0, 0.1) is 0 Å². The van der Waals surface area contributed by atoms with Crippen LogP contribution in [0.4, 0.5) is 0 Å². The molecule has 100 valence electrons. The van der Waals surface area contributed by atoms with Gasteiger partial charge in [-0.25, -0.2) is 0 Å². The molecule has 0 spiro atoms. The molecule has 2 aromatic rings. The number of rotatable bonds is 5. The molecule has 0 radical (unpaired) electrons. The summed E-state index contributed by atoms with van der Waals surface area (Å²) in [5.41, 5.74) is 2.97. The molecule has 19 heavy (non-hydrogen) atoms. The van der Waals surface area contributed by atoms with Crippen molar-refractivity contribution in [3.63, 3.8) is 0 Å². The molecule has 0 bridgehead atoms. The normalized spacial score (nSPS) is 14.1. The van der Waals surface area contributed by atoms with E-state index in [0.29, 0.717) is 12.2 Å². The fourth-order valence-electron chi connectivity index (χ4n) is 2.02. The molecule has 2 atom stereocenters. The molecule has 2 N–H and O–H groups in total. The minimum absolute atomic E-state index is 0.477. The van der Waals surface area contributed by atoms with E-state index in [1.165, 1.54) is 0 Å². The van der Waals surface area contributed by atoms with Crippen LogP contribution in [0.15, 0.2) is 54.6 Å². The summed E-state index contributed by atoms with van der Waals surface area (Å²) in [6.07, 6.45) is -1.14. The number of benzene rings is 2. The highest BCUT2D eigenvalue weighted by Gasteiger charge is 2.17. The topological polar surface area (TPSA) is 40.5 Å². The van der Waals surface area contributed by atoms with Gasteiger partial charge in [-0.3, -0.25) is 0 Å². The highest BCUT2D eigenvalue weighted by molar-refractivity contribution is 7.80. The third kappa shape index (κ3) is 3.60. The average molecular weight is 274 g/mol. The number of aliphatic hydroxyl groups excluding tert-OH is 2. The van der Waals surface area contributed by atoms with E-state index in [1.54, 1.807) is 0 Å². The van der Waals surface area contributed by atoms with Crippen LogP contribution in [0.1, 0.15) is 18.1 Å². The van der Waals surface area contributed by atoms with Crippen molar-refractivity contribution >= 4 is 12.6 Å². The Morgan fingerprint density at radius 2 is 1.42 bits per heavy atom. The van der Waals surface area contributed by atoms with Crippen LogP contribution in [0.3, 0.4) is 0 Å². The SMILES string of the molecule is OC(CCS)C(O)c1ccc(-c2ccccc2)cc1. The van der Waals surface area contributed by atoms with Gasteiger partial charge in [0.1, 0.15) is 6.10 Å². The van der Waals surface area contributed by atoms with Crippen molar-refractivity contribution < 1.29 is 10.2 Å². The second-order valence-corrected chi connectivity index (χ2v) is 4.96. The molecular formula is C16H18O2S. The van der Waals surface area contributed by atoms with Gasteiger partial charge in [-0.1, -0.05) is 54.6 Å². The lowest BCUT2D eigenvalue weighted by Gasteiger charge is -2.17. The summed E-state index contributed by atoms with van der Waals surface area (Å²) in [6.45, 7) is 0. The monoisotopic (exact) mass is 274 g/mol. The first-order valence-corrected chi connectivity index (χ1v) is 6.98. The molecule has 3 heteroatoms. The molecule has 2 unspecified atom stereocenters. The van der Waals surface area contributed by atoms with E-state index < -0.39 is 12.2 Å². The first-order valence-electron chi connectivity index (χ1n) is 6.34. The summed E-state index contributed by atoms with van der Waals surface area (Å²) in [5.74, 6) is 0.556. The molecule has 0 saturated heterocycles. The molecule has 0 aromatic heterocycles. The van der Waals surface area contributed by atoms with E-state index in [-0.39, 0.29) is 0 Å². The molecule has 0 aliphatic heterocycles. The Hall–Kier alpha value is -1.29. The van der Waals surface area contributed by atoms with Gasteiger partial charge in [-0.2, -0.15) is 12.6 Å². The molecule has 0 fully saturated rings. The van der Waals surface area contributed by atoms with E-state index in [0.717, 1.165) is 16.7 Å². The van der Waals surface area contributed by atoms with Gasteiger partial charge in [0.15, 0.2) is 0 Å². The van der Waals surface area contributed by atoms with Crippen molar-refractivity contribution in [2.24, 2.45) is 0 Å². The zero-order valence-electron chi connectivity index (χ0n) is 10.6. The molecule has 2 aromatic carbocycles. The molecule has 0 aliphatic carbocycles. The summed E-state index contributed by atoms with van der Waals surface area (Å²) in [7, 11) is 0. The molecule has 0 heterocycles. The molecule has 0 amide bonds. The summed E-state index contributed by atoms with van der Waals surface area (Å²) in [6, 6.07) is 17.7. The summed E-state index contributed by atoms with van der Waals surface area (Å²) < 4.78 is 0. The lowest BCUT2D eigenvalue weighted by atomic mass is 9.99. The van der Waals surface area contributed by atoms with Crippen LogP contribution >= 0.6 is 12.6 Å². The van der Waals surface area contributed by atoms with Crippen molar-refractivity contribution in [3.8, 4) is 11.1 Å². The Morgan fingerprint density at radius 3 is 2.00 bits per heavy atom. The maximum absolute atomic E-state index is 10.00. The van der Waals surface area contributed by atoms with Gasteiger partial charge >= 0.3 is 0 Å². The van der Waals surface area contributed by atoms with Gasteiger partial charge in [-0.15, -0.1) is 0 Å². The predicted octanol–water partition coefficient (Wildman–Crippen LogP) is 3.07. The molecule has 0 saturated carbocycles. The number of thiol groups is 1. The Labute approximate surface area is 119 Å². The van der Waals surface area contributed by atoms with Gasteiger partial charge in [0.25, 0.3) is 0 Å². The minimum Gasteiger partial charge on any atom is -0.390 e. The number of aliphatic hydroxyl groups is 2. The second-order valence-electron chi connectivity index (χ2n) is 4.51. The largest absolute Gasteiger partial charge is 0.390 e. The highest BCUT2D eigenvalue weighted by Crippen LogP contribution is 2.24. The first-order chi connectivity index (χ1) is 9.22. The van der Waals surface area contributed by atoms with Gasteiger partial charge in [0.2, 0.25) is 0 Å². The molecule has 2 nitrogen and oxygen atoms in total. The smallest absolute Gasteiger partial charge is 0.105 e. The average Bonchev–Trinajstić information content (AvgIpc) is 2.48. The Bertz CT molecular complexity index is 496. The van der Waals surface area contributed by atoms with Crippen molar-refractivity contribution in [1.29, 1.82) is 0 Å². The summed E-state index contributed by atoms with van der Waals surface area (Å²) in [5, 5.41) is 19.8. The number of hydrogen-bond acceptors (Lipinski definition) is 3. The first kappa shape index (κ1) is 14.1. The molecule has 2 rings (SSSR count). The van der Waals surface area contributed by atoms with Gasteiger partial charge in [0.05, 0.1) is 6.10 Å². The van der Waals surface area contributed by atoms with E-state index in [9.17, 15) is 10.2 Å².